The topological polar surface area (TPSA) is 38.3 Å². The van der Waals surface area contributed by atoms with Gasteiger partial charge in [-0.2, -0.15) is 0 Å². The second-order valence-corrected chi connectivity index (χ2v) is 5.12. The zero-order chi connectivity index (χ0) is 14.5. The smallest absolute Gasteiger partial charge is 0.262 e. The molecule has 5 heteroatoms. The van der Waals surface area contributed by atoms with Gasteiger partial charge in [-0.15, -0.1) is 0 Å². The molecule has 0 saturated heterocycles. The Morgan fingerprint density at radius 3 is 2.45 bits per heavy atom. The van der Waals surface area contributed by atoms with Crippen molar-refractivity contribution < 1.29 is 9.53 Å². The number of carbonyl (C=O) groups excluding carboxylic acids is 1. The number of anilines is 1. The number of hydrogen-bond donors (Lipinski definition) is 1. The predicted molar refractivity (Wildman–Crippen MR) is 81.8 cm³/mol. The maximum absolute atomic E-state index is 11.8. The van der Waals surface area contributed by atoms with Crippen LogP contribution in [0.15, 0.2) is 42.5 Å². The first-order chi connectivity index (χ1) is 9.54. The van der Waals surface area contributed by atoms with Crippen molar-refractivity contribution in [1.29, 1.82) is 0 Å². The number of benzene rings is 2. The monoisotopic (exact) mass is 309 g/mol. The van der Waals surface area contributed by atoms with Gasteiger partial charge in [-0.3, -0.25) is 4.79 Å². The Bertz CT molecular complexity index is 612. The van der Waals surface area contributed by atoms with Crippen LogP contribution in [0, 0.1) is 6.92 Å². The SMILES string of the molecule is Cc1ccc(Cl)cc1NC(=O)COc1ccc(Cl)cc1. The highest BCUT2D eigenvalue weighted by atomic mass is 35.5. The molecule has 0 radical (unpaired) electrons. The lowest BCUT2D eigenvalue weighted by molar-refractivity contribution is -0.118. The number of hydrogen-bond acceptors (Lipinski definition) is 2. The quantitative estimate of drug-likeness (QED) is 0.913. The first-order valence-electron chi connectivity index (χ1n) is 5.99. The number of rotatable bonds is 4. The number of halogens is 2. The van der Waals surface area contributed by atoms with E-state index in [0.717, 1.165) is 5.56 Å². The van der Waals surface area contributed by atoms with E-state index in [0.29, 0.717) is 21.5 Å². The average molecular weight is 310 g/mol. The van der Waals surface area contributed by atoms with Crippen LogP contribution >= 0.6 is 23.2 Å². The fourth-order valence-corrected chi connectivity index (χ4v) is 1.89. The number of ether oxygens (including phenoxy) is 1. The van der Waals surface area contributed by atoms with Gasteiger partial charge in [0.2, 0.25) is 0 Å². The highest BCUT2D eigenvalue weighted by Crippen LogP contribution is 2.20. The van der Waals surface area contributed by atoms with Crippen molar-refractivity contribution in [2.45, 2.75) is 6.92 Å². The first-order valence-corrected chi connectivity index (χ1v) is 6.74. The van der Waals surface area contributed by atoms with E-state index < -0.39 is 0 Å². The van der Waals surface area contributed by atoms with E-state index in [1.807, 2.05) is 13.0 Å². The summed E-state index contributed by atoms with van der Waals surface area (Å²) in [4.78, 5) is 11.8. The van der Waals surface area contributed by atoms with Crippen LogP contribution in [0.5, 0.6) is 5.75 Å². The molecule has 0 heterocycles. The molecule has 20 heavy (non-hydrogen) atoms. The van der Waals surface area contributed by atoms with E-state index in [9.17, 15) is 4.79 Å². The van der Waals surface area contributed by atoms with E-state index in [-0.39, 0.29) is 12.5 Å². The van der Waals surface area contributed by atoms with Crippen LogP contribution in [0.2, 0.25) is 10.0 Å². The molecule has 0 aliphatic rings. The van der Waals surface area contributed by atoms with Crippen LogP contribution < -0.4 is 10.1 Å². The molecule has 0 saturated carbocycles. The van der Waals surface area contributed by atoms with Crippen molar-refractivity contribution in [2.24, 2.45) is 0 Å². The Morgan fingerprint density at radius 2 is 1.75 bits per heavy atom. The molecule has 0 bridgehead atoms. The molecule has 104 valence electrons. The third kappa shape index (κ3) is 4.15. The number of nitrogens with one attached hydrogen (secondary N) is 1. The van der Waals surface area contributed by atoms with Crippen molar-refractivity contribution in [2.75, 3.05) is 11.9 Å². The third-order valence-electron chi connectivity index (χ3n) is 2.66. The summed E-state index contributed by atoms with van der Waals surface area (Å²) in [6, 6.07) is 12.2. The van der Waals surface area contributed by atoms with Crippen molar-refractivity contribution in [1.82, 2.24) is 0 Å². The molecular formula is C15H13Cl2NO2. The average Bonchev–Trinajstić information content (AvgIpc) is 2.42. The van der Waals surface area contributed by atoms with Gasteiger partial charge >= 0.3 is 0 Å². The highest BCUT2D eigenvalue weighted by molar-refractivity contribution is 6.31. The van der Waals surface area contributed by atoms with Crippen LogP contribution in [0.3, 0.4) is 0 Å². The lowest BCUT2D eigenvalue weighted by atomic mass is 10.2. The predicted octanol–water partition coefficient (Wildman–Crippen LogP) is 4.32. The summed E-state index contributed by atoms with van der Waals surface area (Å²) < 4.78 is 5.36. The molecule has 2 aromatic rings. The van der Waals surface area contributed by atoms with Crippen LogP contribution in [0.25, 0.3) is 0 Å². The van der Waals surface area contributed by atoms with Gasteiger partial charge in [0.05, 0.1) is 0 Å². The molecule has 0 aromatic heterocycles. The molecule has 3 nitrogen and oxygen atoms in total. The minimum Gasteiger partial charge on any atom is -0.484 e. The maximum atomic E-state index is 11.8. The Morgan fingerprint density at radius 1 is 1.10 bits per heavy atom. The number of carbonyl (C=O) groups is 1. The van der Waals surface area contributed by atoms with E-state index in [4.69, 9.17) is 27.9 Å². The van der Waals surface area contributed by atoms with Crippen LogP contribution in [-0.2, 0) is 4.79 Å². The van der Waals surface area contributed by atoms with Crippen LogP contribution in [-0.4, -0.2) is 12.5 Å². The minimum atomic E-state index is -0.245. The van der Waals surface area contributed by atoms with Gasteiger partial charge in [0.25, 0.3) is 5.91 Å². The van der Waals surface area contributed by atoms with Gasteiger partial charge in [0.1, 0.15) is 5.75 Å². The second kappa shape index (κ2) is 6.64. The maximum Gasteiger partial charge on any atom is 0.262 e. The fourth-order valence-electron chi connectivity index (χ4n) is 1.59. The molecule has 0 unspecified atom stereocenters. The van der Waals surface area contributed by atoms with Gasteiger partial charge in [0, 0.05) is 15.7 Å². The van der Waals surface area contributed by atoms with E-state index >= 15 is 0 Å². The molecule has 0 fully saturated rings. The van der Waals surface area contributed by atoms with Crippen LogP contribution in [0.4, 0.5) is 5.69 Å². The van der Waals surface area contributed by atoms with Crippen molar-refractivity contribution >= 4 is 34.8 Å². The summed E-state index contributed by atoms with van der Waals surface area (Å²) >= 11 is 11.7. The molecule has 2 aromatic carbocycles. The minimum absolute atomic E-state index is 0.0758. The Kier molecular flexibility index (Phi) is 4.88. The van der Waals surface area contributed by atoms with Gasteiger partial charge in [-0.25, -0.2) is 0 Å². The third-order valence-corrected chi connectivity index (χ3v) is 3.14. The summed E-state index contributed by atoms with van der Waals surface area (Å²) in [5.74, 6) is 0.345. The Balaban J connectivity index is 1.92. The van der Waals surface area contributed by atoms with E-state index in [1.54, 1.807) is 36.4 Å². The molecule has 0 atom stereocenters. The zero-order valence-corrected chi connectivity index (χ0v) is 12.3. The molecular weight excluding hydrogens is 297 g/mol. The molecule has 1 amide bonds. The number of amides is 1. The summed E-state index contributed by atoms with van der Waals surface area (Å²) in [6.45, 7) is 1.82. The van der Waals surface area contributed by atoms with Gasteiger partial charge < -0.3 is 10.1 Å². The Hall–Kier alpha value is -1.71. The Labute approximate surface area is 127 Å². The largest absolute Gasteiger partial charge is 0.484 e. The van der Waals surface area contributed by atoms with E-state index in [1.165, 1.54) is 0 Å². The molecule has 0 aliphatic heterocycles. The van der Waals surface area contributed by atoms with Gasteiger partial charge in [0.15, 0.2) is 6.61 Å². The highest BCUT2D eigenvalue weighted by Gasteiger charge is 2.06. The first kappa shape index (κ1) is 14.7. The van der Waals surface area contributed by atoms with Crippen molar-refractivity contribution in [3.8, 4) is 5.75 Å². The lowest BCUT2D eigenvalue weighted by Crippen LogP contribution is -2.20. The fraction of sp³-hybridized carbons (Fsp3) is 0.133. The standard InChI is InChI=1S/C15H13Cl2NO2/c1-10-2-3-12(17)8-14(10)18-15(19)9-20-13-6-4-11(16)5-7-13/h2-8H,9H2,1H3,(H,18,19). The van der Waals surface area contributed by atoms with E-state index in [2.05, 4.69) is 5.32 Å². The second-order valence-electron chi connectivity index (χ2n) is 4.25. The number of aryl methyl sites for hydroxylation is 1. The van der Waals surface area contributed by atoms with Gasteiger partial charge in [-0.05, 0) is 48.9 Å². The molecule has 1 N–H and O–H groups in total. The lowest BCUT2D eigenvalue weighted by Gasteiger charge is -2.10. The molecule has 0 spiro atoms. The molecule has 2 rings (SSSR count). The van der Waals surface area contributed by atoms with Crippen LogP contribution in [0.1, 0.15) is 5.56 Å². The summed E-state index contributed by atoms with van der Waals surface area (Å²) in [6.07, 6.45) is 0. The summed E-state index contributed by atoms with van der Waals surface area (Å²) in [7, 11) is 0. The zero-order valence-electron chi connectivity index (χ0n) is 10.8. The molecule has 0 aliphatic carbocycles. The van der Waals surface area contributed by atoms with Gasteiger partial charge in [-0.1, -0.05) is 29.3 Å². The van der Waals surface area contributed by atoms with Crippen molar-refractivity contribution in [3.05, 3.63) is 58.1 Å². The van der Waals surface area contributed by atoms with Crippen molar-refractivity contribution in [3.63, 3.8) is 0 Å². The summed E-state index contributed by atoms with van der Waals surface area (Å²) in [5.41, 5.74) is 1.62. The summed E-state index contributed by atoms with van der Waals surface area (Å²) in [5, 5.41) is 3.95. The normalized spacial score (nSPS) is 10.2.